The summed E-state index contributed by atoms with van der Waals surface area (Å²) in [6.07, 6.45) is 0.111. The maximum atomic E-state index is 12.4. The normalized spacial score (nSPS) is 11.0. The van der Waals surface area contributed by atoms with Crippen LogP contribution in [-0.2, 0) is 21.2 Å². The van der Waals surface area contributed by atoms with Gasteiger partial charge >= 0.3 is 0 Å². The first kappa shape index (κ1) is 15.8. The Morgan fingerprint density at radius 1 is 1.14 bits per heavy atom. The highest BCUT2D eigenvalue weighted by Gasteiger charge is 2.18. The van der Waals surface area contributed by atoms with E-state index in [1.807, 2.05) is 0 Å². The van der Waals surface area contributed by atoms with Crippen LogP contribution in [0.15, 0.2) is 53.4 Å². The van der Waals surface area contributed by atoms with E-state index in [1.54, 1.807) is 42.5 Å². The Kier molecular flexibility index (Phi) is 4.67. The number of amides is 1. The number of rotatable bonds is 6. The topological polar surface area (TPSA) is 98.5 Å². The number of para-hydroxylation sites is 1. The van der Waals surface area contributed by atoms with Crippen LogP contribution >= 0.6 is 0 Å². The van der Waals surface area contributed by atoms with E-state index in [-0.39, 0.29) is 17.1 Å². The molecule has 0 unspecified atom stereocenters. The zero-order chi connectivity index (χ0) is 16.2. The maximum absolute atomic E-state index is 12.4. The van der Waals surface area contributed by atoms with Crippen LogP contribution in [0.4, 0.5) is 5.69 Å². The van der Waals surface area contributed by atoms with Crippen molar-refractivity contribution in [3.63, 3.8) is 0 Å². The summed E-state index contributed by atoms with van der Waals surface area (Å²) >= 11 is 0. The number of primary amides is 1. The van der Waals surface area contributed by atoms with E-state index >= 15 is 0 Å². The van der Waals surface area contributed by atoms with Crippen molar-refractivity contribution in [3.8, 4) is 5.75 Å². The monoisotopic (exact) mass is 320 g/mol. The smallest absolute Gasteiger partial charge is 0.265 e. The van der Waals surface area contributed by atoms with Gasteiger partial charge in [0.25, 0.3) is 10.0 Å². The lowest BCUT2D eigenvalue weighted by molar-refractivity contribution is -0.117. The first-order valence-corrected chi connectivity index (χ1v) is 7.94. The summed E-state index contributed by atoms with van der Waals surface area (Å²) in [6.45, 7) is 0. The van der Waals surface area contributed by atoms with Crippen LogP contribution in [0, 0.1) is 0 Å². The second kappa shape index (κ2) is 6.48. The van der Waals surface area contributed by atoms with Crippen molar-refractivity contribution in [1.82, 2.24) is 0 Å². The summed E-state index contributed by atoms with van der Waals surface area (Å²) < 4.78 is 32.3. The van der Waals surface area contributed by atoms with E-state index in [1.165, 1.54) is 13.2 Å². The van der Waals surface area contributed by atoms with E-state index in [0.717, 1.165) is 0 Å². The molecule has 0 atom stereocenters. The molecule has 2 rings (SSSR count). The molecule has 0 radical (unpaired) electrons. The van der Waals surface area contributed by atoms with Gasteiger partial charge in [0, 0.05) is 5.69 Å². The molecule has 6 nitrogen and oxygen atoms in total. The predicted molar refractivity (Wildman–Crippen MR) is 83.1 cm³/mol. The van der Waals surface area contributed by atoms with Gasteiger partial charge in [0.05, 0.1) is 13.5 Å². The summed E-state index contributed by atoms with van der Waals surface area (Å²) in [7, 11) is -2.35. The standard InChI is InChI=1S/C15H16N2O4S/c1-21-13-4-2-3-5-14(13)22(19,20)17-12-8-6-11(7-9-12)10-15(16)18/h2-9,17H,10H2,1H3,(H2,16,18). The van der Waals surface area contributed by atoms with E-state index in [2.05, 4.69) is 4.72 Å². The van der Waals surface area contributed by atoms with E-state index in [4.69, 9.17) is 10.5 Å². The van der Waals surface area contributed by atoms with Gasteiger partial charge in [0.2, 0.25) is 5.91 Å². The van der Waals surface area contributed by atoms with Gasteiger partial charge in [-0.3, -0.25) is 9.52 Å². The molecule has 0 bridgehead atoms. The molecule has 0 aliphatic rings. The van der Waals surface area contributed by atoms with Gasteiger partial charge in [-0.05, 0) is 29.8 Å². The highest BCUT2D eigenvalue weighted by molar-refractivity contribution is 7.92. The van der Waals surface area contributed by atoms with Gasteiger partial charge in [-0.15, -0.1) is 0 Å². The molecule has 0 aliphatic carbocycles. The van der Waals surface area contributed by atoms with Crippen LogP contribution in [-0.4, -0.2) is 21.4 Å². The molecule has 2 aromatic carbocycles. The molecule has 0 aliphatic heterocycles. The molecule has 0 heterocycles. The number of nitrogens with one attached hydrogen (secondary N) is 1. The van der Waals surface area contributed by atoms with Crippen molar-refractivity contribution in [3.05, 3.63) is 54.1 Å². The second-order valence-corrected chi connectivity index (χ2v) is 6.25. The van der Waals surface area contributed by atoms with Crippen LogP contribution in [0.25, 0.3) is 0 Å². The average Bonchev–Trinajstić information content (AvgIpc) is 2.48. The molecule has 1 amide bonds. The number of carbonyl (C=O) groups excluding carboxylic acids is 1. The number of ether oxygens (including phenoxy) is 1. The third kappa shape index (κ3) is 3.76. The Morgan fingerprint density at radius 2 is 1.77 bits per heavy atom. The molecule has 0 spiro atoms. The van der Waals surface area contributed by atoms with Crippen LogP contribution < -0.4 is 15.2 Å². The third-order valence-electron chi connectivity index (χ3n) is 2.94. The molecule has 116 valence electrons. The minimum Gasteiger partial charge on any atom is -0.495 e. The molecule has 0 saturated carbocycles. The summed E-state index contributed by atoms with van der Waals surface area (Å²) in [5.41, 5.74) is 6.21. The Hall–Kier alpha value is -2.54. The average molecular weight is 320 g/mol. The number of benzene rings is 2. The van der Waals surface area contributed by atoms with E-state index < -0.39 is 15.9 Å². The number of hydrogen-bond donors (Lipinski definition) is 2. The lowest BCUT2D eigenvalue weighted by Crippen LogP contribution is -2.15. The zero-order valence-corrected chi connectivity index (χ0v) is 12.8. The quantitative estimate of drug-likeness (QED) is 0.843. The first-order chi connectivity index (χ1) is 10.4. The highest BCUT2D eigenvalue weighted by Crippen LogP contribution is 2.25. The van der Waals surface area contributed by atoms with Gasteiger partial charge in [-0.2, -0.15) is 0 Å². The van der Waals surface area contributed by atoms with Gasteiger partial charge < -0.3 is 10.5 Å². The van der Waals surface area contributed by atoms with Crippen molar-refractivity contribution in [2.75, 3.05) is 11.8 Å². The number of sulfonamides is 1. The summed E-state index contributed by atoms with van der Waals surface area (Å²) in [5.74, 6) is -0.178. The van der Waals surface area contributed by atoms with Crippen LogP contribution in [0.5, 0.6) is 5.75 Å². The minimum absolute atomic E-state index is 0.0544. The van der Waals surface area contributed by atoms with Gasteiger partial charge in [-0.1, -0.05) is 24.3 Å². The number of hydrogen-bond acceptors (Lipinski definition) is 4. The van der Waals surface area contributed by atoms with Crippen molar-refractivity contribution >= 4 is 21.6 Å². The van der Waals surface area contributed by atoms with Crippen LogP contribution in [0.3, 0.4) is 0 Å². The fraction of sp³-hybridized carbons (Fsp3) is 0.133. The molecule has 0 saturated heterocycles. The van der Waals surface area contributed by atoms with Crippen molar-refractivity contribution in [2.45, 2.75) is 11.3 Å². The Morgan fingerprint density at radius 3 is 2.36 bits per heavy atom. The Bertz CT molecular complexity index is 770. The molecule has 0 fully saturated rings. The molecule has 3 N–H and O–H groups in total. The molecule has 22 heavy (non-hydrogen) atoms. The number of carbonyl (C=O) groups is 1. The molecule has 2 aromatic rings. The van der Waals surface area contributed by atoms with Crippen molar-refractivity contribution < 1.29 is 17.9 Å². The second-order valence-electron chi connectivity index (χ2n) is 4.60. The fourth-order valence-electron chi connectivity index (χ4n) is 1.94. The van der Waals surface area contributed by atoms with Gasteiger partial charge in [-0.25, -0.2) is 8.42 Å². The van der Waals surface area contributed by atoms with Crippen LogP contribution in [0.2, 0.25) is 0 Å². The van der Waals surface area contributed by atoms with Gasteiger partial charge in [0.1, 0.15) is 10.6 Å². The highest BCUT2D eigenvalue weighted by atomic mass is 32.2. The lowest BCUT2D eigenvalue weighted by Gasteiger charge is -2.11. The summed E-state index contributed by atoms with van der Waals surface area (Å²) in [6, 6.07) is 12.8. The van der Waals surface area contributed by atoms with Crippen molar-refractivity contribution in [2.24, 2.45) is 5.73 Å². The fourth-order valence-corrected chi connectivity index (χ4v) is 3.17. The number of nitrogens with two attached hydrogens (primary N) is 1. The van der Waals surface area contributed by atoms with E-state index in [9.17, 15) is 13.2 Å². The summed E-state index contributed by atoms with van der Waals surface area (Å²) in [5, 5.41) is 0. The van der Waals surface area contributed by atoms with E-state index in [0.29, 0.717) is 11.3 Å². The molecule has 7 heteroatoms. The Labute approximate surface area is 129 Å². The Balaban J connectivity index is 2.23. The largest absolute Gasteiger partial charge is 0.495 e. The van der Waals surface area contributed by atoms with Crippen molar-refractivity contribution in [1.29, 1.82) is 0 Å². The number of anilines is 1. The first-order valence-electron chi connectivity index (χ1n) is 6.45. The maximum Gasteiger partial charge on any atom is 0.265 e. The summed E-state index contributed by atoms with van der Waals surface area (Å²) in [4.78, 5) is 10.9. The predicted octanol–water partition coefficient (Wildman–Crippen LogP) is 1.52. The molecule has 0 aromatic heterocycles. The molecular weight excluding hydrogens is 304 g/mol. The number of methoxy groups -OCH3 is 1. The van der Waals surface area contributed by atoms with Gasteiger partial charge in [0.15, 0.2) is 0 Å². The SMILES string of the molecule is COc1ccccc1S(=O)(=O)Nc1ccc(CC(N)=O)cc1. The minimum atomic E-state index is -3.76. The lowest BCUT2D eigenvalue weighted by atomic mass is 10.1. The zero-order valence-electron chi connectivity index (χ0n) is 11.9. The molecular formula is C15H16N2O4S. The third-order valence-corrected chi connectivity index (χ3v) is 4.36. The van der Waals surface area contributed by atoms with Crippen LogP contribution in [0.1, 0.15) is 5.56 Å².